The van der Waals surface area contributed by atoms with E-state index in [-0.39, 0.29) is 0 Å². The minimum atomic E-state index is 0.309. The van der Waals surface area contributed by atoms with Gasteiger partial charge in [0.2, 0.25) is 0 Å². The predicted molar refractivity (Wildman–Crippen MR) is 106 cm³/mol. The Bertz CT molecular complexity index is 1310. The maximum Gasteiger partial charge on any atom is 0.159 e. The first-order valence-corrected chi connectivity index (χ1v) is 9.60. The van der Waals surface area contributed by atoms with Gasteiger partial charge in [0.15, 0.2) is 5.65 Å². The summed E-state index contributed by atoms with van der Waals surface area (Å²) in [7, 11) is 1.70. The number of benzene rings is 1. The van der Waals surface area contributed by atoms with Crippen molar-refractivity contribution in [2.75, 3.05) is 7.11 Å². The van der Waals surface area contributed by atoms with E-state index in [1.807, 2.05) is 31.2 Å². The Labute approximate surface area is 158 Å². The quantitative estimate of drug-likeness (QED) is 0.419. The molecule has 5 aromatic rings. The molecule has 0 saturated carbocycles. The molecular weight excluding hydrogens is 368 g/mol. The number of hydrogen-bond donors (Lipinski definition) is 0. The fourth-order valence-electron chi connectivity index (χ4n) is 3.53. The molecule has 0 amide bonds. The molecule has 0 radical (unpaired) electrons. The van der Waals surface area contributed by atoms with Crippen LogP contribution in [0.15, 0.2) is 30.3 Å². The minimum Gasteiger partial charge on any atom is -0.380 e. The maximum atomic E-state index is 6.26. The number of methoxy groups -OCH3 is 1. The molecule has 0 atom stereocenters. The molecule has 0 fully saturated rings. The van der Waals surface area contributed by atoms with Crippen LogP contribution >= 0.6 is 22.9 Å². The molecule has 5 nitrogen and oxygen atoms in total. The van der Waals surface area contributed by atoms with Crippen molar-refractivity contribution in [3.63, 3.8) is 0 Å². The summed E-state index contributed by atoms with van der Waals surface area (Å²) in [4.78, 5) is 15.5. The highest BCUT2D eigenvalue weighted by Gasteiger charge is 2.20. The number of halogens is 1. The van der Waals surface area contributed by atoms with Crippen LogP contribution in [0.4, 0.5) is 0 Å². The number of nitrogens with zero attached hydrogens (tertiary/aromatic N) is 4. The fraction of sp³-hybridized carbons (Fsp3) is 0.211. The van der Waals surface area contributed by atoms with Crippen molar-refractivity contribution < 1.29 is 4.74 Å². The summed E-state index contributed by atoms with van der Waals surface area (Å²) in [6, 6.07) is 10.1. The van der Waals surface area contributed by atoms with Crippen LogP contribution in [0.2, 0.25) is 0 Å². The van der Waals surface area contributed by atoms with E-state index in [1.54, 1.807) is 18.4 Å². The second-order valence-electron chi connectivity index (χ2n) is 6.24. The second kappa shape index (κ2) is 5.87. The van der Waals surface area contributed by atoms with Crippen molar-refractivity contribution in [1.29, 1.82) is 0 Å². The number of ether oxygens (including phenoxy) is 1. The van der Waals surface area contributed by atoms with Gasteiger partial charge >= 0.3 is 0 Å². The second-order valence-corrected chi connectivity index (χ2v) is 7.50. The number of imidazole rings is 1. The van der Waals surface area contributed by atoms with E-state index in [0.717, 1.165) is 54.2 Å². The summed E-state index contributed by atoms with van der Waals surface area (Å²) in [6.45, 7) is 2.52. The summed E-state index contributed by atoms with van der Waals surface area (Å²) >= 11 is 7.88. The van der Waals surface area contributed by atoms with Gasteiger partial charge in [0.05, 0.1) is 33.7 Å². The minimum absolute atomic E-state index is 0.309. The molecular formula is C19H15ClN4OS. The largest absolute Gasteiger partial charge is 0.380 e. The van der Waals surface area contributed by atoms with Gasteiger partial charge in [-0.2, -0.15) is 0 Å². The molecule has 0 aliphatic rings. The van der Waals surface area contributed by atoms with Crippen LogP contribution in [0.1, 0.15) is 17.1 Å². The summed E-state index contributed by atoms with van der Waals surface area (Å²) < 4.78 is 8.49. The average molecular weight is 383 g/mol. The molecule has 0 N–H and O–H groups in total. The van der Waals surface area contributed by atoms with E-state index in [4.69, 9.17) is 31.3 Å². The molecule has 4 heterocycles. The van der Waals surface area contributed by atoms with Crippen molar-refractivity contribution in [3.05, 3.63) is 47.4 Å². The van der Waals surface area contributed by atoms with Crippen LogP contribution in [0.5, 0.6) is 0 Å². The monoisotopic (exact) mass is 382 g/mol. The topological polar surface area (TPSA) is 52.3 Å². The zero-order valence-electron chi connectivity index (χ0n) is 14.3. The zero-order chi connectivity index (χ0) is 17.8. The summed E-state index contributed by atoms with van der Waals surface area (Å²) in [6.07, 6.45) is 0. The van der Waals surface area contributed by atoms with E-state index in [1.165, 1.54) is 0 Å². The number of hydrogen-bond acceptors (Lipinski definition) is 5. The van der Waals surface area contributed by atoms with Gasteiger partial charge in [0, 0.05) is 18.2 Å². The van der Waals surface area contributed by atoms with Crippen LogP contribution in [0.25, 0.3) is 37.1 Å². The van der Waals surface area contributed by atoms with Gasteiger partial charge in [-0.1, -0.05) is 12.1 Å². The van der Waals surface area contributed by atoms with E-state index >= 15 is 0 Å². The first kappa shape index (κ1) is 15.9. The van der Waals surface area contributed by atoms with Gasteiger partial charge in [0.25, 0.3) is 0 Å². The summed E-state index contributed by atoms with van der Waals surface area (Å²) in [5.74, 6) is 1.09. The standard InChI is InChI=1S/C19H15ClN4OS/c1-10-7-11(9-25-2)15-16-17(26-19(15)21-10)18-22-12-5-3-4-6-13(12)24(18)14(8-20)23-16/h3-7H,8-9H2,1-2H3. The molecule has 0 aliphatic heterocycles. The van der Waals surface area contributed by atoms with Gasteiger partial charge in [-0.3, -0.25) is 4.40 Å². The number of rotatable bonds is 3. The number of alkyl halides is 1. The number of para-hydroxylation sites is 2. The van der Waals surface area contributed by atoms with Crippen molar-refractivity contribution in [2.45, 2.75) is 19.4 Å². The van der Waals surface area contributed by atoms with E-state index in [9.17, 15) is 0 Å². The third-order valence-electron chi connectivity index (χ3n) is 4.53. The highest BCUT2D eigenvalue weighted by molar-refractivity contribution is 7.26. The molecule has 26 heavy (non-hydrogen) atoms. The van der Waals surface area contributed by atoms with E-state index in [2.05, 4.69) is 10.5 Å². The smallest absolute Gasteiger partial charge is 0.159 e. The van der Waals surface area contributed by atoms with Crippen molar-refractivity contribution >= 4 is 60.1 Å². The van der Waals surface area contributed by atoms with Crippen LogP contribution in [0.3, 0.4) is 0 Å². The highest BCUT2D eigenvalue weighted by Crippen LogP contribution is 2.38. The predicted octanol–water partition coefficient (Wildman–Crippen LogP) is 4.84. The van der Waals surface area contributed by atoms with Gasteiger partial charge in [-0.15, -0.1) is 22.9 Å². The first-order valence-electron chi connectivity index (χ1n) is 8.25. The molecule has 4 aromatic heterocycles. The van der Waals surface area contributed by atoms with Crippen LogP contribution in [0, 0.1) is 6.92 Å². The lowest BCUT2D eigenvalue weighted by Gasteiger charge is -2.06. The number of aromatic nitrogens is 4. The Kier molecular flexibility index (Phi) is 3.60. The molecule has 0 bridgehead atoms. The highest BCUT2D eigenvalue weighted by atomic mass is 35.5. The number of fused-ring (bicyclic) bond motifs is 7. The van der Waals surface area contributed by atoms with Gasteiger partial charge in [-0.05, 0) is 30.7 Å². The Balaban J connectivity index is 2.02. The van der Waals surface area contributed by atoms with Crippen LogP contribution in [-0.4, -0.2) is 26.5 Å². The lowest BCUT2D eigenvalue weighted by atomic mass is 10.1. The summed E-state index contributed by atoms with van der Waals surface area (Å²) in [5, 5.41) is 1.04. The van der Waals surface area contributed by atoms with Crippen molar-refractivity contribution in [2.24, 2.45) is 0 Å². The number of aryl methyl sites for hydroxylation is 1. The number of thiophene rings is 1. The third kappa shape index (κ3) is 2.16. The average Bonchev–Trinajstić information content (AvgIpc) is 3.19. The van der Waals surface area contributed by atoms with E-state index in [0.29, 0.717) is 12.5 Å². The molecule has 1 aromatic carbocycles. The Morgan fingerprint density at radius 3 is 2.85 bits per heavy atom. The third-order valence-corrected chi connectivity index (χ3v) is 5.84. The SMILES string of the molecule is COCc1cc(C)nc2sc3c(nc(CCl)n4c5ccccc5nc34)c12. The molecule has 130 valence electrons. The normalized spacial score (nSPS) is 12.1. The fourth-order valence-corrected chi connectivity index (χ4v) is 4.90. The van der Waals surface area contributed by atoms with Crippen LogP contribution < -0.4 is 0 Å². The Morgan fingerprint density at radius 1 is 1.19 bits per heavy atom. The lowest BCUT2D eigenvalue weighted by Crippen LogP contribution is -1.99. The summed E-state index contributed by atoms with van der Waals surface area (Å²) in [5.41, 5.74) is 5.81. The zero-order valence-corrected chi connectivity index (χ0v) is 15.9. The van der Waals surface area contributed by atoms with E-state index < -0.39 is 0 Å². The first-order chi connectivity index (χ1) is 12.7. The molecule has 0 unspecified atom stereocenters. The van der Waals surface area contributed by atoms with Gasteiger partial charge in [-0.25, -0.2) is 15.0 Å². The lowest BCUT2D eigenvalue weighted by molar-refractivity contribution is 0.186. The van der Waals surface area contributed by atoms with Crippen molar-refractivity contribution in [1.82, 2.24) is 19.4 Å². The molecule has 0 saturated heterocycles. The molecule has 0 aliphatic carbocycles. The number of pyridine rings is 1. The maximum absolute atomic E-state index is 6.26. The van der Waals surface area contributed by atoms with Gasteiger partial charge < -0.3 is 4.74 Å². The Morgan fingerprint density at radius 2 is 2.04 bits per heavy atom. The molecule has 0 spiro atoms. The van der Waals surface area contributed by atoms with Gasteiger partial charge in [0.1, 0.15) is 10.7 Å². The van der Waals surface area contributed by atoms with Crippen LogP contribution in [-0.2, 0) is 17.2 Å². The molecule has 7 heteroatoms. The Hall–Kier alpha value is -2.28. The molecule has 5 rings (SSSR count). The van der Waals surface area contributed by atoms with Crippen molar-refractivity contribution in [3.8, 4) is 0 Å².